The highest BCUT2D eigenvalue weighted by atomic mass is 19.1. The van der Waals surface area contributed by atoms with Crippen LogP contribution in [0.5, 0.6) is 0 Å². The number of halogens is 2. The van der Waals surface area contributed by atoms with E-state index in [1.54, 1.807) is 36.4 Å². The summed E-state index contributed by atoms with van der Waals surface area (Å²) in [6.07, 6.45) is 0. The zero-order chi connectivity index (χ0) is 15.2. The summed E-state index contributed by atoms with van der Waals surface area (Å²) < 4.78 is 26.5. The molecule has 0 saturated heterocycles. The molecule has 0 aliphatic heterocycles. The van der Waals surface area contributed by atoms with Crippen LogP contribution in [-0.4, -0.2) is 5.71 Å². The summed E-state index contributed by atoms with van der Waals surface area (Å²) in [6.45, 7) is 0. The largest absolute Gasteiger partial charge is 0.277 e. The molecule has 102 valence electrons. The fourth-order valence-corrected chi connectivity index (χ4v) is 1.64. The first-order chi connectivity index (χ1) is 10.1. The van der Waals surface area contributed by atoms with Crippen molar-refractivity contribution in [2.24, 2.45) is 5.10 Å². The van der Waals surface area contributed by atoms with Gasteiger partial charge >= 0.3 is 0 Å². The average Bonchev–Trinajstić information content (AvgIpc) is 2.49. The second-order valence-corrected chi connectivity index (χ2v) is 4.00. The predicted octanol–water partition coefficient (Wildman–Crippen LogP) is 3.45. The molecular formula is C15H8F2N4. The molecular weight excluding hydrogens is 274 g/mol. The molecule has 0 unspecified atom stereocenters. The topological polar surface area (TPSA) is 72.0 Å². The van der Waals surface area contributed by atoms with Gasteiger partial charge in [0.15, 0.2) is 0 Å². The molecule has 21 heavy (non-hydrogen) atoms. The van der Waals surface area contributed by atoms with E-state index >= 15 is 0 Å². The van der Waals surface area contributed by atoms with Crippen LogP contribution in [-0.2, 0) is 0 Å². The van der Waals surface area contributed by atoms with Crippen molar-refractivity contribution in [1.82, 2.24) is 0 Å². The summed E-state index contributed by atoms with van der Waals surface area (Å²) in [5.41, 5.74) is 3.62. The average molecular weight is 282 g/mol. The summed E-state index contributed by atoms with van der Waals surface area (Å²) in [6, 6.07) is 13.0. The monoisotopic (exact) mass is 282 g/mol. The highest BCUT2D eigenvalue weighted by Crippen LogP contribution is 2.24. The van der Waals surface area contributed by atoms with Crippen molar-refractivity contribution in [1.29, 1.82) is 10.5 Å². The number of hydrogen-bond acceptors (Lipinski definition) is 4. The highest BCUT2D eigenvalue weighted by Gasteiger charge is 2.06. The van der Waals surface area contributed by atoms with Crippen molar-refractivity contribution in [3.8, 4) is 23.3 Å². The van der Waals surface area contributed by atoms with E-state index in [0.29, 0.717) is 11.3 Å². The fourth-order valence-electron chi connectivity index (χ4n) is 1.64. The van der Waals surface area contributed by atoms with Crippen LogP contribution >= 0.6 is 0 Å². The summed E-state index contributed by atoms with van der Waals surface area (Å²) in [5.74, 6) is -1.28. The lowest BCUT2D eigenvalue weighted by atomic mass is 10.0. The third-order valence-corrected chi connectivity index (χ3v) is 2.64. The molecule has 0 heterocycles. The number of rotatable bonds is 3. The van der Waals surface area contributed by atoms with Gasteiger partial charge in [-0.3, -0.25) is 5.43 Å². The molecule has 0 bridgehead atoms. The Morgan fingerprint density at radius 3 is 2.24 bits per heavy atom. The standard InChI is InChI=1S/C15H8F2N4/c16-11-3-6-14(15(17)7-11)10-1-4-12(5-2-10)20-21-13(8-18)9-19/h1-7,20H. The lowest BCUT2D eigenvalue weighted by Crippen LogP contribution is -1.96. The van der Waals surface area contributed by atoms with Crippen molar-refractivity contribution in [3.05, 3.63) is 54.1 Å². The first-order valence-corrected chi connectivity index (χ1v) is 5.83. The molecule has 1 N–H and O–H groups in total. The van der Waals surface area contributed by atoms with Gasteiger partial charge in [0.05, 0.1) is 5.69 Å². The molecule has 2 aromatic carbocycles. The van der Waals surface area contributed by atoms with Gasteiger partial charge in [-0.1, -0.05) is 12.1 Å². The molecule has 6 heteroatoms. The lowest BCUT2D eigenvalue weighted by molar-refractivity contribution is 0.585. The SMILES string of the molecule is N#CC(C#N)=NNc1ccc(-c2ccc(F)cc2F)cc1. The van der Waals surface area contributed by atoms with E-state index in [4.69, 9.17) is 10.5 Å². The van der Waals surface area contributed by atoms with Crippen molar-refractivity contribution in [2.75, 3.05) is 5.43 Å². The van der Waals surface area contributed by atoms with Crippen LogP contribution in [0.1, 0.15) is 0 Å². The molecule has 0 aliphatic carbocycles. The van der Waals surface area contributed by atoms with Crippen LogP contribution in [0.2, 0.25) is 0 Å². The Labute approximate surface area is 119 Å². The number of nitrogens with zero attached hydrogens (tertiary/aromatic N) is 3. The van der Waals surface area contributed by atoms with Crippen LogP contribution in [0.25, 0.3) is 11.1 Å². The van der Waals surface area contributed by atoms with Gasteiger partial charge in [-0.15, -0.1) is 0 Å². The summed E-state index contributed by atoms with van der Waals surface area (Å²) >= 11 is 0. The maximum absolute atomic E-state index is 13.6. The Bertz CT molecular complexity index is 752. The Morgan fingerprint density at radius 2 is 1.67 bits per heavy atom. The first kappa shape index (κ1) is 14.2. The second kappa shape index (κ2) is 6.27. The fraction of sp³-hybridized carbons (Fsp3) is 0. The Balaban J connectivity index is 2.22. The van der Waals surface area contributed by atoms with Gasteiger partial charge in [0.25, 0.3) is 0 Å². The third kappa shape index (κ3) is 3.40. The first-order valence-electron chi connectivity index (χ1n) is 5.83. The van der Waals surface area contributed by atoms with Crippen LogP contribution in [0, 0.1) is 34.3 Å². The molecule has 0 amide bonds. The quantitative estimate of drug-likeness (QED) is 0.692. The maximum atomic E-state index is 13.6. The van der Waals surface area contributed by atoms with E-state index in [1.807, 2.05) is 0 Å². The van der Waals surface area contributed by atoms with Crippen LogP contribution in [0.15, 0.2) is 47.6 Å². The molecule has 0 spiro atoms. The summed E-state index contributed by atoms with van der Waals surface area (Å²) in [5, 5.41) is 20.7. The van der Waals surface area contributed by atoms with Gasteiger partial charge in [-0.25, -0.2) is 8.78 Å². The van der Waals surface area contributed by atoms with Crippen LogP contribution in [0.3, 0.4) is 0 Å². The lowest BCUT2D eigenvalue weighted by Gasteiger charge is -2.05. The zero-order valence-corrected chi connectivity index (χ0v) is 10.6. The van der Waals surface area contributed by atoms with E-state index in [9.17, 15) is 8.78 Å². The van der Waals surface area contributed by atoms with Gasteiger partial charge in [-0.05, 0) is 29.8 Å². The number of nitriles is 2. The zero-order valence-electron chi connectivity index (χ0n) is 10.6. The van der Waals surface area contributed by atoms with Gasteiger partial charge in [0.2, 0.25) is 5.71 Å². The molecule has 0 atom stereocenters. The minimum Gasteiger partial charge on any atom is -0.277 e. The van der Waals surface area contributed by atoms with E-state index in [1.165, 1.54) is 12.1 Å². The molecule has 0 radical (unpaired) electrons. The predicted molar refractivity (Wildman–Crippen MR) is 74.1 cm³/mol. The van der Waals surface area contributed by atoms with Gasteiger partial charge in [-0.2, -0.15) is 15.6 Å². The Kier molecular flexibility index (Phi) is 4.23. The second-order valence-electron chi connectivity index (χ2n) is 4.00. The van der Waals surface area contributed by atoms with Crippen molar-refractivity contribution >= 4 is 11.4 Å². The maximum Gasteiger partial charge on any atom is 0.237 e. The molecule has 0 aromatic heterocycles. The number of hydrogen-bond donors (Lipinski definition) is 1. The summed E-state index contributed by atoms with van der Waals surface area (Å²) in [4.78, 5) is 0. The molecule has 4 nitrogen and oxygen atoms in total. The Hall–Kier alpha value is -3.25. The van der Waals surface area contributed by atoms with E-state index in [0.717, 1.165) is 6.07 Å². The van der Waals surface area contributed by atoms with Crippen molar-refractivity contribution in [2.45, 2.75) is 0 Å². The van der Waals surface area contributed by atoms with Gasteiger partial charge in [0, 0.05) is 11.6 Å². The van der Waals surface area contributed by atoms with Crippen molar-refractivity contribution in [3.63, 3.8) is 0 Å². The van der Waals surface area contributed by atoms with Crippen LogP contribution in [0.4, 0.5) is 14.5 Å². The minimum atomic E-state index is -0.648. The molecule has 2 rings (SSSR count). The molecule has 0 fully saturated rings. The molecule has 0 aliphatic rings. The summed E-state index contributed by atoms with van der Waals surface area (Å²) in [7, 11) is 0. The van der Waals surface area contributed by atoms with E-state index < -0.39 is 11.6 Å². The van der Waals surface area contributed by atoms with Gasteiger partial charge < -0.3 is 0 Å². The highest BCUT2D eigenvalue weighted by molar-refractivity contribution is 6.10. The smallest absolute Gasteiger partial charge is 0.237 e. The van der Waals surface area contributed by atoms with Crippen molar-refractivity contribution < 1.29 is 8.78 Å². The molecule has 2 aromatic rings. The minimum absolute atomic E-state index is 0.279. The third-order valence-electron chi connectivity index (χ3n) is 2.64. The van der Waals surface area contributed by atoms with Crippen LogP contribution < -0.4 is 5.43 Å². The number of benzene rings is 2. The number of nitrogens with one attached hydrogen (secondary N) is 1. The Morgan fingerprint density at radius 1 is 1.00 bits per heavy atom. The van der Waals surface area contributed by atoms with E-state index in [-0.39, 0.29) is 11.3 Å². The van der Waals surface area contributed by atoms with E-state index in [2.05, 4.69) is 10.5 Å². The molecule has 0 saturated carbocycles. The van der Waals surface area contributed by atoms with Gasteiger partial charge in [0.1, 0.15) is 23.8 Å². The number of anilines is 1. The number of hydrazone groups is 1. The normalized spacial score (nSPS) is 9.33.